The summed E-state index contributed by atoms with van der Waals surface area (Å²) in [5.41, 5.74) is 7.09. The summed E-state index contributed by atoms with van der Waals surface area (Å²) in [4.78, 5) is 28.6. The van der Waals surface area contributed by atoms with E-state index < -0.39 is 0 Å². The van der Waals surface area contributed by atoms with Crippen LogP contribution < -0.4 is 10.6 Å². The second-order valence-electron chi connectivity index (χ2n) is 7.54. The smallest absolute Gasteiger partial charge is 0.256 e. The van der Waals surface area contributed by atoms with E-state index in [0.29, 0.717) is 5.57 Å². The summed E-state index contributed by atoms with van der Waals surface area (Å²) in [6.07, 6.45) is 3.96. The predicted octanol–water partition coefficient (Wildman–Crippen LogP) is 5.18. The van der Waals surface area contributed by atoms with Crippen LogP contribution in [0.25, 0.3) is 22.8 Å². The van der Waals surface area contributed by atoms with Crippen molar-refractivity contribution in [2.75, 3.05) is 12.4 Å². The van der Waals surface area contributed by atoms with E-state index >= 15 is 0 Å². The fourth-order valence-corrected chi connectivity index (χ4v) is 4.37. The Hall–Kier alpha value is -3.12. The van der Waals surface area contributed by atoms with Gasteiger partial charge in [-0.15, -0.1) is 0 Å². The van der Waals surface area contributed by atoms with Gasteiger partial charge in [-0.3, -0.25) is 9.59 Å². The first-order valence-corrected chi connectivity index (χ1v) is 11.1. The van der Waals surface area contributed by atoms with Crippen LogP contribution in [0.1, 0.15) is 35.9 Å². The zero-order valence-electron chi connectivity index (χ0n) is 17.5. The van der Waals surface area contributed by atoms with E-state index in [1.807, 2.05) is 54.6 Å². The molecule has 158 valence electrons. The molecule has 2 aromatic carbocycles. The number of aromatic amines is 1. The molecule has 0 aliphatic carbocycles. The number of aromatic nitrogens is 1. The highest BCUT2D eigenvalue weighted by Gasteiger charge is 2.26. The van der Waals surface area contributed by atoms with Crippen LogP contribution in [0.2, 0.25) is 0 Å². The number of carbonyl (C=O) groups is 2. The van der Waals surface area contributed by atoms with Gasteiger partial charge in [-0.1, -0.05) is 59.6 Å². The lowest BCUT2D eigenvalue weighted by molar-refractivity contribution is -0.120. The Morgan fingerprint density at radius 2 is 1.94 bits per heavy atom. The molecule has 1 aliphatic heterocycles. The highest BCUT2D eigenvalue weighted by molar-refractivity contribution is 9.10. The number of anilines is 1. The van der Waals surface area contributed by atoms with Crippen molar-refractivity contribution in [1.82, 2.24) is 10.3 Å². The number of rotatable bonds is 6. The molecule has 0 saturated heterocycles. The third kappa shape index (κ3) is 4.21. The first kappa shape index (κ1) is 21.1. The number of carbonyl (C=O) groups excluding carboxylic acids is 2. The van der Waals surface area contributed by atoms with Crippen LogP contribution in [0.5, 0.6) is 0 Å². The lowest BCUT2D eigenvalue weighted by Crippen LogP contribution is -2.20. The number of aryl methyl sites for hydroxylation is 1. The van der Waals surface area contributed by atoms with Crippen molar-refractivity contribution >= 4 is 45.1 Å². The first-order valence-electron chi connectivity index (χ1n) is 10.3. The molecule has 0 saturated carbocycles. The number of H-pyrrole nitrogens is 1. The van der Waals surface area contributed by atoms with E-state index in [0.717, 1.165) is 56.6 Å². The lowest BCUT2D eigenvalue weighted by Gasteiger charge is -2.08. The average Bonchev–Trinajstić information content (AvgIpc) is 3.26. The Morgan fingerprint density at radius 1 is 1.16 bits per heavy atom. The average molecular weight is 478 g/mol. The maximum absolute atomic E-state index is 12.8. The molecule has 1 aliphatic rings. The minimum atomic E-state index is -0.133. The second kappa shape index (κ2) is 8.94. The Balaban J connectivity index is 1.93. The number of nitrogens with one attached hydrogen (secondary N) is 3. The quantitative estimate of drug-likeness (QED) is 0.428. The number of likely N-dealkylation sites (N-methyl/N-ethyl adjacent to an activating group) is 1. The minimum absolute atomic E-state index is 0.0411. The molecule has 3 N–H and O–H groups in total. The monoisotopic (exact) mass is 477 g/mol. The van der Waals surface area contributed by atoms with Crippen LogP contribution in [-0.4, -0.2) is 23.8 Å². The number of halogens is 1. The van der Waals surface area contributed by atoms with Crippen LogP contribution in [0.3, 0.4) is 0 Å². The molecule has 0 atom stereocenters. The molecule has 31 heavy (non-hydrogen) atoms. The summed E-state index contributed by atoms with van der Waals surface area (Å²) in [6.45, 7) is 2.11. The topological polar surface area (TPSA) is 74.0 Å². The van der Waals surface area contributed by atoms with E-state index in [9.17, 15) is 9.59 Å². The Kier molecular flexibility index (Phi) is 6.09. The molecular weight excluding hydrogens is 454 g/mol. The maximum Gasteiger partial charge on any atom is 0.256 e. The molecule has 0 spiro atoms. The zero-order valence-corrected chi connectivity index (χ0v) is 19.1. The molecule has 1 aromatic heterocycles. The van der Waals surface area contributed by atoms with Gasteiger partial charge in [0.15, 0.2) is 0 Å². The third-order valence-corrected chi connectivity index (χ3v) is 5.95. The SMILES string of the molecule is CCCc1[nH]c(/C=C2\C(=O)Nc3ccc(Br)cc32)c(-c2ccccc2)c1CC(=O)NC. The molecular formula is C25H24BrN3O2. The maximum atomic E-state index is 12.8. The van der Waals surface area contributed by atoms with Gasteiger partial charge in [0.2, 0.25) is 5.91 Å². The van der Waals surface area contributed by atoms with Gasteiger partial charge >= 0.3 is 0 Å². The fourth-order valence-electron chi connectivity index (χ4n) is 4.01. The highest BCUT2D eigenvalue weighted by Crippen LogP contribution is 2.38. The standard InChI is InChI=1S/C25H24BrN3O2/c1-3-7-20-19(14-23(30)27-2)24(15-8-5-4-6-9-15)22(28-20)13-18-17-12-16(26)10-11-21(17)29-25(18)31/h4-6,8-13,28H,3,7,14H2,1-2H3,(H,27,30)(H,29,31)/b18-13-. The van der Waals surface area contributed by atoms with Crippen LogP contribution in [0.15, 0.2) is 53.0 Å². The number of fused-ring (bicyclic) bond motifs is 1. The van der Waals surface area contributed by atoms with Crippen LogP contribution in [0, 0.1) is 0 Å². The number of benzene rings is 2. The molecule has 2 amide bonds. The van der Waals surface area contributed by atoms with E-state index in [4.69, 9.17) is 0 Å². The Morgan fingerprint density at radius 3 is 2.65 bits per heavy atom. The van der Waals surface area contributed by atoms with Crippen molar-refractivity contribution in [3.05, 3.63) is 75.5 Å². The summed E-state index contributed by atoms with van der Waals surface area (Å²) < 4.78 is 0.912. The summed E-state index contributed by atoms with van der Waals surface area (Å²) in [6, 6.07) is 15.8. The largest absolute Gasteiger partial charge is 0.359 e. The molecule has 6 heteroatoms. The first-order chi connectivity index (χ1) is 15.0. The van der Waals surface area contributed by atoms with Gasteiger partial charge in [-0.05, 0) is 41.8 Å². The van der Waals surface area contributed by atoms with Gasteiger partial charge < -0.3 is 15.6 Å². The Labute approximate surface area is 190 Å². The van der Waals surface area contributed by atoms with E-state index in [-0.39, 0.29) is 18.2 Å². The number of hydrogen-bond acceptors (Lipinski definition) is 2. The number of hydrogen-bond donors (Lipinski definition) is 3. The molecule has 4 rings (SSSR count). The van der Waals surface area contributed by atoms with Gasteiger partial charge in [0.1, 0.15) is 0 Å². The molecule has 0 fully saturated rings. The normalized spacial score (nSPS) is 13.9. The molecule has 5 nitrogen and oxygen atoms in total. The van der Waals surface area contributed by atoms with Gasteiger partial charge in [0, 0.05) is 39.7 Å². The molecule has 0 bridgehead atoms. The van der Waals surface area contributed by atoms with Crippen molar-refractivity contribution in [1.29, 1.82) is 0 Å². The molecule has 2 heterocycles. The van der Waals surface area contributed by atoms with Gasteiger partial charge in [-0.2, -0.15) is 0 Å². The summed E-state index contributed by atoms with van der Waals surface area (Å²) >= 11 is 3.50. The predicted molar refractivity (Wildman–Crippen MR) is 129 cm³/mol. The van der Waals surface area contributed by atoms with Crippen molar-refractivity contribution in [3.63, 3.8) is 0 Å². The zero-order chi connectivity index (χ0) is 22.0. The van der Waals surface area contributed by atoms with Crippen molar-refractivity contribution in [2.24, 2.45) is 0 Å². The minimum Gasteiger partial charge on any atom is -0.359 e. The van der Waals surface area contributed by atoms with Crippen molar-refractivity contribution in [3.8, 4) is 11.1 Å². The van der Waals surface area contributed by atoms with Gasteiger partial charge in [0.05, 0.1) is 12.0 Å². The van der Waals surface area contributed by atoms with Crippen molar-refractivity contribution < 1.29 is 9.59 Å². The van der Waals surface area contributed by atoms with Crippen molar-refractivity contribution in [2.45, 2.75) is 26.2 Å². The third-order valence-electron chi connectivity index (χ3n) is 5.45. The number of amides is 2. The van der Waals surface area contributed by atoms with Crippen LogP contribution in [0.4, 0.5) is 5.69 Å². The van der Waals surface area contributed by atoms with E-state index in [1.54, 1.807) is 7.05 Å². The summed E-state index contributed by atoms with van der Waals surface area (Å²) in [5.74, 6) is -0.174. The van der Waals surface area contributed by atoms with E-state index in [2.05, 4.69) is 38.5 Å². The second-order valence-corrected chi connectivity index (χ2v) is 8.45. The van der Waals surface area contributed by atoms with E-state index in [1.165, 1.54) is 0 Å². The van der Waals surface area contributed by atoms with Gasteiger partial charge in [-0.25, -0.2) is 0 Å². The molecule has 0 unspecified atom stereocenters. The lowest BCUT2D eigenvalue weighted by atomic mass is 9.95. The van der Waals surface area contributed by atoms with Crippen LogP contribution >= 0.6 is 15.9 Å². The summed E-state index contributed by atoms with van der Waals surface area (Å²) in [5, 5.41) is 5.67. The van der Waals surface area contributed by atoms with Gasteiger partial charge in [0.25, 0.3) is 5.91 Å². The highest BCUT2D eigenvalue weighted by atomic mass is 79.9. The molecule has 0 radical (unpaired) electrons. The summed E-state index contributed by atoms with van der Waals surface area (Å²) in [7, 11) is 1.65. The Bertz CT molecular complexity index is 1180. The fraction of sp³-hybridized carbons (Fsp3) is 0.200. The molecule has 3 aromatic rings. The van der Waals surface area contributed by atoms with Crippen LogP contribution in [-0.2, 0) is 22.4 Å².